The van der Waals surface area contributed by atoms with Crippen LogP contribution in [0.15, 0.2) is 67.0 Å². The van der Waals surface area contributed by atoms with Crippen LogP contribution < -0.4 is 0 Å². The van der Waals surface area contributed by atoms with E-state index in [1.807, 2.05) is 6.20 Å². The first-order valence-electron chi connectivity index (χ1n) is 10.4. The number of aryl methyl sites for hydroxylation is 3. The molecule has 0 unspecified atom stereocenters. The molecule has 4 aromatic rings. The predicted molar refractivity (Wildman–Crippen MR) is 119 cm³/mol. The molecule has 2 heteroatoms. The van der Waals surface area contributed by atoms with Crippen LogP contribution in [-0.4, -0.2) is 9.55 Å². The Morgan fingerprint density at radius 1 is 0.857 bits per heavy atom. The summed E-state index contributed by atoms with van der Waals surface area (Å²) in [5.41, 5.74) is 8.87. The van der Waals surface area contributed by atoms with Gasteiger partial charge in [-0.05, 0) is 60.2 Å². The summed E-state index contributed by atoms with van der Waals surface area (Å²) in [4.78, 5) is 4.88. The van der Waals surface area contributed by atoms with Gasteiger partial charge in [0, 0.05) is 22.8 Å². The van der Waals surface area contributed by atoms with Crippen LogP contribution in [0, 0.1) is 0 Å². The fraction of sp³-hybridized carbons (Fsp3) is 0.269. The van der Waals surface area contributed by atoms with Gasteiger partial charge in [0.05, 0.1) is 17.4 Å². The van der Waals surface area contributed by atoms with E-state index < -0.39 is 0 Å². The number of benzene rings is 2. The Balaban J connectivity index is 1.77. The van der Waals surface area contributed by atoms with Crippen molar-refractivity contribution in [3.63, 3.8) is 0 Å². The number of aromatic nitrogens is 2. The van der Waals surface area contributed by atoms with Gasteiger partial charge in [-0.15, -0.1) is 0 Å². The van der Waals surface area contributed by atoms with Crippen molar-refractivity contribution in [2.45, 2.75) is 46.5 Å². The minimum Gasteiger partial charge on any atom is -0.315 e. The first-order valence-corrected chi connectivity index (χ1v) is 10.4. The van der Waals surface area contributed by atoms with Crippen molar-refractivity contribution in [2.24, 2.45) is 0 Å². The van der Waals surface area contributed by atoms with Crippen molar-refractivity contribution in [1.82, 2.24) is 9.55 Å². The highest BCUT2D eigenvalue weighted by Crippen LogP contribution is 2.30. The van der Waals surface area contributed by atoms with E-state index in [-0.39, 0.29) is 0 Å². The molecule has 4 rings (SSSR count). The largest absolute Gasteiger partial charge is 0.315 e. The van der Waals surface area contributed by atoms with Gasteiger partial charge >= 0.3 is 0 Å². The van der Waals surface area contributed by atoms with Gasteiger partial charge in [-0.3, -0.25) is 4.98 Å². The van der Waals surface area contributed by atoms with Crippen LogP contribution in [0.5, 0.6) is 0 Å². The first kappa shape index (κ1) is 18.5. The Morgan fingerprint density at radius 2 is 1.57 bits per heavy atom. The molecule has 0 amide bonds. The lowest BCUT2D eigenvalue weighted by Gasteiger charge is -2.13. The molecule has 0 radical (unpaired) electrons. The van der Waals surface area contributed by atoms with Crippen LogP contribution in [0.4, 0.5) is 0 Å². The number of pyridine rings is 1. The molecule has 0 aliphatic rings. The first-order chi connectivity index (χ1) is 13.7. The molecule has 0 spiro atoms. The molecule has 142 valence electrons. The molecule has 0 bridgehead atoms. The Bertz CT molecular complexity index is 1070. The van der Waals surface area contributed by atoms with Gasteiger partial charge in [0.2, 0.25) is 0 Å². The summed E-state index contributed by atoms with van der Waals surface area (Å²) in [6.45, 7) is 6.65. The third-order valence-corrected chi connectivity index (χ3v) is 5.58. The van der Waals surface area contributed by atoms with Crippen LogP contribution in [0.1, 0.15) is 43.9 Å². The highest BCUT2D eigenvalue weighted by Gasteiger charge is 2.12. The minimum absolute atomic E-state index is 1.02. The smallest absolute Gasteiger partial charge is 0.0715 e. The van der Waals surface area contributed by atoms with E-state index in [0.29, 0.717) is 0 Å². The SMILES string of the molecule is CCCc1ccc(-n2ccc3cc(-c4c(CC)cccc4CC)ncc32)cc1. The summed E-state index contributed by atoms with van der Waals surface area (Å²) in [5.74, 6) is 0. The van der Waals surface area contributed by atoms with E-state index in [4.69, 9.17) is 4.98 Å². The van der Waals surface area contributed by atoms with Crippen molar-refractivity contribution in [2.75, 3.05) is 0 Å². The molecule has 0 saturated heterocycles. The second-order valence-electron chi connectivity index (χ2n) is 7.39. The molecule has 0 N–H and O–H groups in total. The van der Waals surface area contributed by atoms with Crippen LogP contribution in [0.2, 0.25) is 0 Å². The molecule has 0 saturated carbocycles. The van der Waals surface area contributed by atoms with E-state index >= 15 is 0 Å². The second kappa shape index (κ2) is 8.02. The second-order valence-corrected chi connectivity index (χ2v) is 7.39. The lowest BCUT2D eigenvalue weighted by Crippen LogP contribution is -1.97. The van der Waals surface area contributed by atoms with Crippen molar-refractivity contribution in [3.05, 3.63) is 83.7 Å². The molecule has 0 aliphatic heterocycles. The van der Waals surface area contributed by atoms with Crippen molar-refractivity contribution >= 4 is 10.9 Å². The fourth-order valence-corrected chi connectivity index (χ4v) is 4.08. The van der Waals surface area contributed by atoms with Gasteiger partial charge in [-0.25, -0.2) is 0 Å². The topological polar surface area (TPSA) is 17.8 Å². The third kappa shape index (κ3) is 3.35. The van der Waals surface area contributed by atoms with Crippen molar-refractivity contribution in [1.29, 1.82) is 0 Å². The zero-order valence-electron chi connectivity index (χ0n) is 17.1. The maximum Gasteiger partial charge on any atom is 0.0715 e. The number of hydrogen-bond donors (Lipinski definition) is 0. The lowest BCUT2D eigenvalue weighted by molar-refractivity contribution is 0.920. The summed E-state index contributed by atoms with van der Waals surface area (Å²) >= 11 is 0. The summed E-state index contributed by atoms with van der Waals surface area (Å²) in [6.07, 6.45) is 8.53. The normalized spacial score (nSPS) is 11.2. The zero-order chi connectivity index (χ0) is 19.5. The molecule has 2 aromatic heterocycles. The van der Waals surface area contributed by atoms with Gasteiger partial charge in [0.15, 0.2) is 0 Å². The Hall–Kier alpha value is -2.87. The quantitative estimate of drug-likeness (QED) is 0.367. The maximum atomic E-state index is 4.88. The highest BCUT2D eigenvalue weighted by atomic mass is 15.0. The van der Waals surface area contributed by atoms with E-state index in [9.17, 15) is 0 Å². The maximum absolute atomic E-state index is 4.88. The fourth-order valence-electron chi connectivity index (χ4n) is 4.08. The molecule has 0 aliphatic carbocycles. The molecular weight excluding hydrogens is 340 g/mol. The predicted octanol–water partition coefficient (Wildman–Crippen LogP) is 6.77. The number of hydrogen-bond acceptors (Lipinski definition) is 1. The summed E-state index contributed by atoms with van der Waals surface area (Å²) in [5, 5.41) is 1.23. The summed E-state index contributed by atoms with van der Waals surface area (Å²) in [6, 6.07) is 19.9. The van der Waals surface area contributed by atoms with Gasteiger partial charge in [0.1, 0.15) is 0 Å². The molecule has 0 fully saturated rings. The van der Waals surface area contributed by atoms with E-state index in [1.165, 1.54) is 39.7 Å². The molecule has 0 atom stereocenters. The molecular formula is C26H28N2. The summed E-state index contributed by atoms with van der Waals surface area (Å²) in [7, 11) is 0. The highest BCUT2D eigenvalue weighted by molar-refractivity contribution is 5.86. The lowest BCUT2D eigenvalue weighted by atomic mass is 9.94. The van der Waals surface area contributed by atoms with Gasteiger partial charge in [-0.2, -0.15) is 0 Å². The summed E-state index contributed by atoms with van der Waals surface area (Å²) < 4.78 is 2.23. The van der Waals surface area contributed by atoms with Crippen LogP contribution in [-0.2, 0) is 19.3 Å². The number of rotatable bonds is 6. The van der Waals surface area contributed by atoms with Gasteiger partial charge in [-0.1, -0.05) is 57.5 Å². The van der Waals surface area contributed by atoms with Crippen LogP contribution in [0.25, 0.3) is 27.8 Å². The Labute approximate surface area is 167 Å². The zero-order valence-corrected chi connectivity index (χ0v) is 17.1. The van der Waals surface area contributed by atoms with Crippen molar-refractivity contribution < 1.29 is 0 Å². The van der Waals surface area contributed by atoms with Crippen LogP contribution in [0.3, 0.4) is 0 Å². The van der Waals surface area contributed by atoms with Gasteiger partial charge in [0.25, 0.3) is 0 Å². The third-order valence-electron chi connectivity index (χ3n) is 5.58. The average molecular weight is 369 g/mol. The molecule has 2 aromatic carbocycles. The van der Waals surface area contributed by atoms with Gasteiger partial charge < -0.3 is 4.57 Å². The number of fused-ring (bicyclic) bond motifs is 1. The average Bonchev–Trinajstić information content (AvgIpc) is 3.17. The molecule has 2 heterocycles. The molecule has 28 heavy (non-hydrogen) atoms. The van der Waals surface area contributed by atoms with E-state index in [2.05, 4.69) is 86.1 Å². The monoisotopic (exact) mass is 368 g/mol. The number of nitrogens with zero attached hydrogens (tertiary/aromatic N) is 2. The van der Waals surface area contributed by atoms with Crippen molar-refractivity contribution in [3.8, 4) is 16.9 Å². The standard InChI is InChI=1S/C26H28N2/c1-4-8-19-11-13-23(14-12-19)28-16-15-22-17-24(27-18-25(22)28)26-20(5-2)9-7-10-21(26)6-3/h7,9-18H,4-6,8H2,1-3H3. The van der Waals surface area contributed by atoms with E-state index in [1.54, 1.807) is 0 Å². The van der Waals surface area contributed by atoms with Crippen LogP contribution >= 0.6 is 0 Å². The minimum atomic E-state index is 1.02. The van der Waals surface area contributed by atoms with E-state index in [0.717, 1.165) is 30.5 Å². The molecule has 2 nitrogen and oxygen atoms in total. The Morgan fingerprint density at radius 3 is 2.21 bits per heavy atom. The Kier molecular flexibility index (Phi) is 5.29.